The minimum atomic E-state index is -1.06. The second kappa shape index (κ2) is 8.29. The fraction of sp³-hybridized carbons (Fsp3) is 0.176. The molecule has 0 unspecified atom stereocenters. The average Bonchev–Trinajstić information content (AvgIpc) is 2.52. The Balaban J connectivity index is 1.81. The van der Waals surface area contributed by atoms with Gasteiger partial charge in [0.25, 0.3) is 0 Å². The topological polar surface area (TPSA) is 61.4 Å². The van der Waals surface area contributed by atoms with Gasteiger partial charge < -0.3 is 10.6 Å². The number of anilines is 2. The molecule has 0 aliphatic rings. The largest absolute Gasteiger partial charge is 0.325 e. The molecule has 2 amide bonds. The van der Waals surface area contributed by atoms with Crippen molar-refractivity contribution < 1.29 is 22.8 Å². The highest BCUT2D eigenvalue weighted by Crippen LogP contribution is 2.13. The number of carbonyl (C=O) groups is 2. The van der Waals surface area contributed by atoms with Gasteiger partial charge in [-0.2, -0.15) is 0 Å². The van der Waals surface area contributed by atoms with E-state index in [2.05, 4.69) is 10.6 Å². The van der Waals surface area contributed by atoms with Crippen LogP contribution in [0.3, 0.4) is 0 Å². The zero-order valence-corrected chi connectivity index (χ0v) is 13.4. The lowest BCUT2D eigenvalue weighted by Crippen LogP contribution is -2.36. The predicted molar refractivity (Wildman–Crippen MR) is 87.5 cm³/mol. The molecule has 132 valence electrons. The first kappa shape index (κ1) is 18.5. The van der Waals surface area contributed by atoms with E-state index in [1.54, 1.807) is 7.05 Å². The van der Waals surface area contributed by atoms with Crippen LogP contribution in [-0.2, 0) is 9.59 Å². The Kier molecular flexibility index (Phi) is 6.13. The van der Waals surface area contributed by atoms with Gasteiger partial charge in [-0.15, -0.1) is 0 Å². The van der Waals surface area contributed by atoms with Crippen molar-refractivity contribution in [2.75, 3.05) is 30.8 Å². The Hall–Kier alpha value is -2.87. The second-order valence-corrected chi connectivity index (χ2v) is 5.40. The van der Waals surface area contributed by atoms with Crippen molar-refractivity contribution in [3.8, 4) is 0 Å². The molecule has 5 nitrogen and oxygen atoms in total. The summed E-state index contributed by atoms with van der Waals surface area (Å²) in [6.07, 6.45) is 0. The van der Waals surface area contributed by atoms with Crippen molar-refractivity contribution in [1.29, 1.82) is 0 Å². The number of hydrogen-bond acceptors (Lipinski definition) is 3. The van der Waals surface area contributed by atoms with Gasteiger partial charge in [0.2, 0.25) is 11.8 Å². The highest BCUT2D eigenvalue weighted by molar-refractivity contribution is 5.94. The lowest BCUT2D eigenvalue weighted by atomic mass is 10.3. The number of rotatable bonds is 6. The monoisotopic (exact) mass is 351 g/mol. The third-order valence-electron chi connectivity index (χ3n) is 3.16. The highest BCUT2D eigenvalue weighted by Gasteiger charge is 2.12. The molecule has 0 radical (unpaired) electrons. The maximum Gasteiger partial charge on any atom is 0.238 e. The Bertz CT molecular complexity index is 766. The van der Waals surface area contributed by atoms with Crippen LogP contribution in [0.25, 0.3) is 0 Å². The summed E-state index contributed by atoms with van der Waals surface area (Å²) < 4.78 is 38.7. The predicted octanol–water partition coefficient (Wildman–Crippen LogP) is 2.61. The molecule has 0 saturated heterocycles. The average molecular weight is 351 g/mol. The number of nitrogens with one attached hydrogen (secondary N) is 2. The molecule has 2 rings (SSSR count). The quantitative estimate of drug-likeness (QED) is 0.841. The van der Waals surface area contributed by atoms with Crippen LogP contribution in [0.1, 0.15) is 0 Å². The van der Waals surface area contributed by atoms with Crippen LogP contribution in [0.4, 0.5) is 24.5 Å². The van der Waals surface area contributed by atoms with E-state index in [0.29, 0.717) is 5.69 Å². The lowest BCUT2D eigenvalue weighted by Gasteiger charge is -2.16. The zero-order valence-electron chi connectivity index (χ0n) is 13.4. The molecule has 2 aromatic carbocycles. The molecule has 2 aromatic rings. The standard InChI is InChI=1S/C17H16F3N3O2/c1-23(9-16(24)21-12-4-2-11(18)3-5-12)10-17(25)22-13-6-7-14(19)15(20)8-13/h2-8H,9-10H2,1H3,(H,21,24)(H,22,25). The summed E-state index contributed by atoms with van der Waals surface area (Å²) in [6, 6.07) is 8.28. The van der Waals surface area contributed by atoms with Crippen LogP contribution in [0.5, 0.6) is 0 Å². The van der Waals surface area contributed by atoms with Gasteiger partial charge in [0, 0.05) is 17.4 Å². The fourth-order valence-electron chi connectivity index (χ4n) is 2.05. The Labute approximate surface area is 142 Å². The highest BCUT2D eigenvalue weighted by atomic mass is 19.2. The third kappa shape index (κ3) is 5.92. The summed E-state index contributed by atoms with van der Waals surface area (Å²) in [4.78, 5) is 25.2. The molecule has 0 fully saturated rings. The van der Waals surface area contributed by atoms with Gasteiger partial charge in [0.1, 0.15) is 5.82 Å². The van der Waals surface area contributed by atoms with Crippen molar-refractivity contribution in [3.05, 3.63) is 59.9 Å². The molecule has 25 heavy (non-hydrogen) atoms. The van der Waals surface area contributed by atoms with E-state index in [9.17, 15) is 22.8 Å². The Morgan fingerprint density at radius 3 is 1.92 bits per heavy atom. The number of nitrogens with zero attached hydrogens (tertiary/aromatic N) is 1. The fourth-order valence-corrected chi connectivity index (χ4v) is 2.05. The van der Waals surface area contributed by atoms with E-state index in [-0.39, 0.29) is 24.7 Å². The van der Waals surface area contributed by atoms with E-state index in [0.717, 1.165) is 12.1 Å². The molecule has 0 saturated carbocycles. The molecule has 0 aliphatic carbocycles. The first-order chi connectivity index (χ1) is 11.8. The molecule has 0 spiro atoms. The maximum atomic E-state index is 13.1. The van der Waals surface area contributed by atoms with E-state index in [4.69, 9.17) is 0 Å². The summed E-state index contributed by atoms with van der Waals surface area (Å²) in [5.74, 6) is -3.35. The maximum absolute atomic E-state index is 13.1. The summed E-state index contributed by atoms with van der Waals surface area (Å²) in [5.41, 5.74) is 0.555. The van der Waals surface area contributed by atoms with Crippen molar-refractivity contribution >= 4 is 23.2 Å². The van der Waals surface area contributed by atoms with E-state index >= 15 is 0 Å². The van der Waals surface area contributed by atoms with Crippen LogP contribution in [0.15, 0.2) is 42.5 Å². The van der Waals surface area contributed by atoms with Gasteiger partial charge in [-0.3, -0.25) is 14.5 Å². The number of amides is 2. The molecule has 2 N–H and O–H groups in total. The number of carbonyl (C=O) groups excluding carboxylic acids is 2. The summed E-state index contributed by atoms with van der Waals surface area (Å²) in [7, 11) is 1.55. The van der Waals surface area contributed by atoms with Crippen LogP contribution in [-0.4, -0.2) is 36.9 Å². The smallest absolute Gasteiger partial charge is 0.238 e. The number of halogens is 3. The zero-order chi connectivity index (χ0) is 18.4. The number of hydrogen-bond donors (Lipinski definition) is 2. The van der Waals surface area contributed by atoms with E-state index < -0.39 is 23.4 Å². The Morgan fingerprint density at radius 2 is 1.36 bits per heavy atom. The number of benzene rings is 2. The molecule has 0 bridgehead atoms. The second-order valence-electron chi connectivity index (χ2n) is 5.40. The van der Waals surface area contributed by atoms with Gasteiger partial charge in [-0.05, 0) is 43.4 Å². The van der Waals surface area contributed by atoms with Crippen molar-refractivity contribution in [2.45, 2.75) is 0 Å². The van der Waals surface area contributed by atoms with Crippen LogP contribution in [0, 0.1) is 17.5 Å². The first-order valence-corrected chi connectivity index (χ1v) is 7.32. The lowest BCUT2D eigenvalue weighted by molar-refractivity contribution is -0.119. The molecule has 0 atom stereocenters. The normalized spacial score (nSPS) is 10.6. The molecule has 0 heterocycles. The van der Waals surface area contributed by atoms with Gasteiger partial charge in [0.15, 0.2) is 11.6 Å². The summed E-state index contributed by atoms with van der Waals surface area (Å²) in [5, 5.41) is 4.98. The van der Waals surface area contributed by atoms with Crippen LogP contribution >= 0.6 is 0 Å². The van der Waals surface area contributed by atoms with Gasteiger partial charge in [-0.1, -0.05) is 0 Å². The van der Waals surface area contributed by atoms with Crippen molar-refractivity contribution in [1.82, 2.24) is 4.90 Å². The van der Waals surface area contributed by atoms with Crippen molar-refractivity contribution in [2.24, 2.45) is 0 Å². The molecule has 0 aliphatic heterocycles. The minimum Gasteiger partial charge on any atom is -0.325 e. The third-order valence-corrected chi connectivity index (χ3v) is 3.16. The van der Waals surface area contributed by atoms with Gasteiger partial charge in [-0.25, -0.2) is 13.2 Å². The first-order valence-electron chi connectivity index (χ1n) is 7.32. The SMILES string of the molecule is CN(CC(=O)Nc1ccc(F)cc1)CC(=O)Nc1ccc(F)c(F)c1. The summed E-state index contributed by atoms with van der Waals surface area (Å²) in [6.45, 7) is -0.210. The van der Waals surface area contributed by atoms with Crippen LogP contribution < -0.4 is 10.6 Å². The molecular weight excluding hydrogens is 335 g/mol. The van der Waals surface area contributed by atoms with E-state index in [1.165, 1.54) is 35.2 Å². The van der Waals surface area contributed by atoms with Gasteiger partial charge >= 0.3 is 0 Å². The van der Waals surface area contributed by atoms with E-state index in [1.807, 2.05) is 0 Å². The molecule has 0 aromatic heterocycles. The Morgan fingerprint density at radius 1 is 0.840 bits per heavy atom. The van der Waals surface area contributed by atoms with Crippen LogP contribution in [0.2, 0.25) is 0 Å². The molecule has 8 heteroatoms. The molecular formula is C17H16F3N3O2. The minimum absolute atomic E-state index is 0.0808. The summed E-state index contributed by atoms with van der Waals surface area (Å²) >= 11 is 0. The number of likely N-dealkylation sites (N-methyl/N-ethyl adjacent to an activating group) is 1. The van der Waals surface area contributed by atoms with Gasteiger partial charge in [0.05, 0.1) is 13.1 Å². The van der Waals surface area contributed by atoms with Crippen molar-refractivity contribution in [3.63, 3.8) is 0 Å².